The molecule has 2 rings (SSSR count). The van der Waals surface area contributed by atoms with Gasteiger partial charge in [0.05, 0.1) is 30.5 Å². The maximum atomic E-state index is 12.0. The Bertz CT molecular complexity index is 818. The topological polar surface area (TPSA) is 117 Å². The van der Waals surface area contributed by atoms with Crippen molar-refractivity contribution in [3.05, 3.63) is 47.3 Å². The molecule has 0 aliphatic heterocycles. The zero-order valence-electron chi connectivity index (χ0n) is 13.8. The predicted molar refractivity (Wildman–Crippen MR) is 88.4 cm³/mol. The Morgan fingerprint density at radius 2 is 1.84 bits per heavy atom. The van der Waals surface area contributed by atoms with Gasteiger partial charge in [-0.15, -0.1) is 0 Å². The number of carbonyl (C=O) groups is 2. The molecule has 0 atom stereocenters. The third kappa shape index (κ3) is 3.79. The molecule has 8 nitrogen and oxygen atoms in total. The first-order valence-corrected chi connectivity index (χ1v) is 7.29. The normalized spacial score (nSPS) is 10.1. The van der Waals surface area contributed by atoms with E-state index >= 15 is 0 Å². The van der Waals surface area contributed by atoms with Crippen LogP contribution in [0, 0.1) is 11.3 Å². The SMILES string of the molecule is COCCOC(=O)c1ccc(-n2cc(C#N)c(N)c2C(=O)OC)cc1. The van der Waals surface area contributed by atoms with Gasteiger partial charge in [-0.3, -0.25) is 0 Å². The number of anilines is 1. The Labute approximate surface area is 144 Å². The second-order valence-electron chi connectivity index (χ2n) is 4.95. The highest BCUT2D eigenvalue weighted by Gasteiger charge is 2.21. The van der Waals surface area contributed by atoms with Gasteiger partial charge >= 0.3 is 11.9 Å². The molecule has 8 heteroatoms. The number of nitriles is 1. The molecule has 0 unspecified atom stereocenters. The first-order valence-electron chi connectivity index (χ1n) is 7.29. The minimum absolute atomic E-state index is 0.0393. The van der Waals surface area contributed by atoms with Crippen molar-refractivity contribution in [3.63, 3.8) is 0 Å². The maximum absolute atomic E-state index is 12.0. The molecule has 0 amide bonds. The molecule has 0 aliphatic carbocycles. The van der Waals surface area contributed by atoms with Crippen molar-refractivity contribution >= 4 is 17.6 Å². The molecule has 0 spiro atoms. The standard InChI is InChI=1S/C17H17N3O5/c1-23-7-8-25-16(21)11-3-5-13(6-4-11)20-10-12(9-18)14(19)15(20)17(22)24-2/h3-6,10H,7-8,19H2,1-2H3. The van der Waals surface area contributed by atoms with Crippen LogP contribution in [-0.4, -0.2) is 43.9 Å². The van der Waals surface area contributed by atoms with Crippen LogP contribution in [0.4, 0.5) is 5.69 Å². The Balaban J connectivity index is 2.33. The van der Waals surface area contributed by atoms with Crippen molar-refractivity contribution in [1.82, 2.24) is 4.57 Å². The summed E-state index contributed by atoms with van der Waals surface area (Å²) < 4.78 is 16.0. The number of hydrogen-bond acceptors (Lipinski definition) is 7. The number of benzene rings is 1. The average molecular weight is 343 g/mol. The van der Waals surface area contributed by atoms with Gasteiger partial charge < -0.3 is 24.5 Å². The number of nitrogens with zero attached hydrogens (tertiary/aromatic N) is 2. The van der Waals surface area contributed by atoms with E-state index in [0.717, 1.165) is 0 Å². The minimum atomic E-state index is -0.665. The molecule has 2 aromatic rings. The van der Waals surface area contributed by atoms with Gasteiger partial charge in [0, 0.05) is 19.0 Å². The van der Waals surface area contributed by atoms with Crippen LogP contribution < -0.4 is 5.73 Å². The van der Waals surface area contributed by atoms with Crippen LogP contribution in [-0.2, 0) is 14.2 Å². The van der Waals surface area contributed by atoms with Gasteiger partial charge in [-0.05, 0) is 24.3 Å². The summed E-state index contributed by atoms with van der Waals surface area (Å²) in [5.74, 6) is -1.15. The van der Waals surface area contributed by atoms with E-state index < -0.39 is 11.9 Å². The molecule has 1 heterocycles. The van der Waals surface area contributed by atoms with Crippen molar-refractivity contribution in [1.29, 1.82) is 5.26 Å². The zero-order chi connectivity index (χ0) is 18.4. The molecule has 0 saturated carbocycles. The average Bonchev–Trinajstić information content (AvgIpc) is 2.97. The van der Waals surface area contributed by atoms with Gasteiger partial charge in [-0.25, -0.2) is 9.59 Å². The molecular weight excluding hydrogens is 326 g/mol. The van der Waals surface area contributed by atoms with Crippen LogP contribution in [0.2, 0.25) is 0 Å². The minimum Gasteiger partial charge on any atom is -0.464 e. The highest BCUT2D eigenvalue weighted by Crippen LogP contribution is 2.25. The smallest absolute Gasteiger partial charge is 0.357 e. The first kappa shape index (κ1) is 18.0. The van der Waals surface area contributed by atoms with Crippen molar-refractivity contribution in [2.75, 3.05) is 33.2 Å². The van der Waals surface area contributed by atoms with Gasteiger partial charge in [0.1, 0.15) is 12.7 Å². The van der Waals surface area contributed by atoms with Crippen LogP contribution >= 0.6 is 0 Å². The van der Waals surface area contributed by atoms with E-state index in [1.807, 2.05) is 6.07 Å². The van der Waals surface area contributed by atoms with Crippen LogP contribution in [0.15, 0.2) is 30.5 Å². The first-order chi connectivity index (χ1) is 12.0. The van der Waals surface area contributed by atoms with Crippen LogP contribution in [0.1, 0.15) is 26.4 Å². The second-order valence-corrected chi connectivity index (χ2v) is 4.95. The number of ether oxygens (including phenoxy) is 3. The van der Waals surface area contributed by atoms with Gasteiger partial charge in [0.15, 0.2) is 5.69 Å². The lowest BCUT2D eigenvalue weighted by Crippen LogP contribution is -2.12. The van der Waals surface area contributed by atoms with E-state index in [2.05, 4.69) is 0 Å². The molecule has 2 N–H and O–H groups in total. The number of aromatic nitrogens is 1. The molecule has 0 aliphatic rings. The molecule has 0 bridgehead atoms. The summed E-state index contributed by atoms with van der Waals surface area (Å²) in [6.45, 7) is 0.467. The summed E-state index contributed by atoms with van der Waals surface area (Å²) in [7, 11) is 2.74. The summed E-state index contributed by atoms with van der Waals surface area (Å²) in [6, 6.07) is 8.24. The summed E-state index contributed by atoms with van der Waals surface area (Å²) in [5, 5.41) is 9.11. The van der Waals surface area contributed by atoms with Crippen LogP contribution in [0.25, 0.3) is 5.69 Å². The van der Waals surface area contributed by atoms with Gasteiger partial charge in [0.25, 0.3) is 0 Å². The Morgan fingerprint density at radius 1 is 1.16 bits per heavy atom. The van der Waals surface area contributed by atoms with Gasteiger partial charge in [-0.2, -0.15) is 5.26 Å². The summed E-state index contributed by atoms with van der Waals surface area (Å²) in [4.78, 5) is 23.8. The summed E-state index contributed by atoms with van der Waals surface area (Å²) in [5.41, 5.74) is 6.98. The highest BCUT2D eigenvalue weighted by atomic mass is 16.6. The number of hydrogen-bond donors (Lipinski definition) is 1. The summed E-state index contributed by atoms with van der Waals surface area (Å²) in [6.07, 6.45) is 1.44. The molecule has 0 fully saturated rings. The number of esters is 2. The molecule has 1 aromatic carbocycles. The Morgan fingerprint density at radius 3 is 2.40 bits per heavy atom. The third-order valence-corrected chi connectivity index (χ3v) is 3.45. The lowest BCUT2D eigenvalue weighted by Gasteiger charge is -2.09. The van der Waals surface area contributed by atoms with Crippen molar-refractivity contribution in [3.8, 4) is 11.8 Å². The highest BCUT2D eigenvalue weighted by molar-refractivity contribution is 5.96. The maximum Gasteiger partial charge on any atom is 0.357 e. The van der Waals surface area contributed by atoms with E-state index in [-0.39, 0.29) is 23.6 Å². The largest absolute Gasteiger partial charge is 0.464 e. The van der Waals surface area contributed by atoms with E-state index in [9.17, 15) is 9.59 Å². The molecule has 130 valence electrons. The number of carbonyl (C=O) groups excluding carboxylic acids is 2. The lowest BCUT2D eigenvalue weighted by atomic mass is 10.2. The van der Waals surface area contributed by atoms with Gasteiger partial charge in [-0.1, -0.05) is 0 Å². The number of nitrogens with two attached hydrogens (primary N) is 1. The third-order valence-electron chi connectivity index (χ3n) is 3.45. The fraction of sp³-hybridized carbons (Fsp3) is 0.235. The predicted octanol–water partition coefficient (Wildman–Crippen LogP) is 1.52. The molecule has 25 heavy (non-hydrogen) atoms. The van der Waals surface area contributed by atoms with Crippen molar-refractivity contribution in [2.45, 2.75) is 0 Å². The number of rotatable bonds is 6. The molecular formula is C17H17N3O5. The number of methoxy groups -OCH3 is 2. The fourth-order valence-corrected chi connectivity index (χ4v) is 2.18. The second kappa shape index (κ2) is 7.99. The van der Waals surface area contributed by atoms with Crippen LogP contribution in [0.3, 0.4) is 0 Å². The van der Waals surface area contributed by atoms with E-state index in [1.165, 1.54) is 25.0 Å². The quantitative estimate of drug-likeness (QED) is 0.624. The lowest BCUT2D eigenvalue weighted by molar-refractivity contribution is 0.0388. The molecule has 1 aromatic heterocycles. The Kier molecular flexibility index (Phi) is 5.76. The molecule has 0 radical (unpaired) electrons. The number of nitrogen functional groups attached to an aromatic ring is 1. The van der Waals surface area contributed by atoms with E-state index in [0.29, 0.717) is 17.9 Å². The Hall–Kier alpha value is -3.31. The van der Waals surface area contributed by atoms with Crippen molar-refractivity contribution in [2.24, 2.45) is 0 Å². The van der Waals surface area contributed by atoms with E-state index in [4.69, 9.17) is 25.2 Å². The van der Waals surface area contributed by atoms with Crippen molar-refractivity contribution < 1.29 is 23.8 Å². The van der Waals surface area contributed by atoms with E-state index in [1.54, 1.807) is 24.3 Å². The zero-order valence-corrected chi connectivity index (χ0v) is 13.8. The molecule has 0 saturated heterocycles. The fourth-order valence-electron chi connectivity index (χ4n) is 2.18. The van der Waals surface area contributed by atoms with Crippen LogP contribution in [0.5, 0.6) is 0 Å². The van der Waals surface area contributed by atoms with Gasteiger partial charge in [0.2, 0.25) is 0 Å². The summed E-state index contributed by atoms with van der Waals surface area (Å²) >= 11 is 0. The monoisotopic (exact) mass is 343 g/mol.